The first-order chi connectivity index (χ1) is 31.5. The first kappa shape index (κ1) is 37.0. The van der Waals surface area contributed by atoms with Crippen molar-refractivity contribution in [3.05, 3.63) is 249 Å². The Labute approximate surface area is 366 Å². The maximum absolute atomic E-state index is 12.0. The van der Waals surface area contributed by atoms with E-state index >= 15 is 0 Å². The number of hydrogen-bond acceptors (Lipinski definition) is 4. The molecule has 11 aromatic rings. The molecule has 0 fully saturated rings. The van der Waals surface area contributed by atoms with Crippen LogP contribution in [0.2, 0.25) is 0 Å². The molecular weight excluding hydrogens is 789 g/mol. The highest BCUT2D eigenvalue weighted by atomic mass is 16.1. The summed E-state index contributed by atoms with van der Waals surface area (Å²) in [5.41, 5.74) is 14.9. The summed E-state index contributed by atoms with van der Waals surface area (Å²) in [5.74, 6) is -0.121. The third-order valence-corrected chi connectivity index (χ3v) is 12.0. The second kappa shape index (κ2) is 15.0. The van der Waals surface area contributed by atoms with Crippen LogP contribution in [-0.2, 0) is 4.79 Å². The molecule has 8 heterocycles. The monoisotopic (exact) mass is 826 g/mol. The maximum atomic E-state index is 12.0. The lowest BCUT2D eigenvalue weighted by molar-refractivity contribution is -0.114. The first-order valence-electron chi connectivity index (χ1n) is 21.2. The van der Waals surface area contributed by atoms with Crippen molar-refractivity contribution in [1.82, 2.24) is 34.9 Å². The smallest absolute Gasteiger partial charge is 0.221 e. The summed E-state index contributed by atoms with van der Waals surface area (Å²) >= 11 is 0. The van der Waals surface area contributed by atoms with Gasteiger partial charge in [-0.3, -0.25) is 19.7 Å². The molecule has 9 heteroatoms. The van der Waals surface area contributed by atoms with Crippen molar-refractivity contribution in [2.24, 2.45) is 0 Å². The molecule has 64 heavy (non-hydrogen) atoms. The standard InChI is InChI=1S/C55H38N8O/c1-32(64)59-40-16-14-33(15-17-40)52-44-18-20-46(60-44)53(37-26-34-8-2-5-11-41(34)56-29-37)48-22-24-50(62-48)55(39-28-36-10-4-7-13-43(36)58-31-39)51-25-23-49(63-51)54(47-21-19-45(52)61-47)38-27-35-9-3-6-12-42(35)57-30-38/h2-31,60-63H,1H3,(H,59,64). The van der Waals surface area contributed by atoms with E-state index in [4.69, 9.17) is 15.0 Å². The Balaban J connectivity index is 1.19. The predicted molar refractivity (Wildman–Crippen MR) is 254 cm³/mol. The van der Waals surface area contributed by atoms with E-state index in [0.29, 0.717) is 0 Å². The van der Waals surface area contributed by atoms with E-state index in [0.717, 1.165) is 127 Å². The Hall–Kier alpha value is -8.82. The van der Waals surface area contributed by atoms with Crippen molar-refractivity contribution < 1.29 is 4.79 Å². The number of benzene rings is 4. The quantitative estimate of drug-likeness (QED) is 0.121. The second-order valence-corrected chi connectivity index (χ2v) is 16.2. The maximum Gasteiger partial charge on any atom is 0.221 e. The third kappa shape index (κ3) is 6.51. The number of carbonyl (C=O) groups excluding carboxylic acids is 1. The summed E-state index contributed by atoms with van der Waals surface area (Å²) in [7, 11) is 0. The highest BCUT2D eigenvalue weighted by Gasteiger charge is 2.20. The van der Waals surface area contributed by atoms with Gasteiger partial charge >= 0.3 is 0 Å². The molecule has 1 aliphatic heterocycles. The number of aromatic nitrogens is 7. The molecule has 0 radical (unpaired) electrons. The van der Waals surface area contributed by atoms with Gasteiger partial charge in [-0.2, -0.15) is 0 Å². The van der Waals surface area contributed by atoms with Crippen molar-refractivity contribution in [3.63, 3.8) is 0 Å². The molecule has 0 spiro atoms. The van der Waals surface area contributed by atoms with E-state index in [9.17, 15) is 4.79 Å². The van der Waals surface area contributed by atoms with E-state index in [-0.39, 0.29) is 5.91 Å². The molecular formula is C55H38N8O. The van der Waals surface area contributed by atoms with Gasteiger partial charge in [-0.1, -0.05) is 66.7 Å². The number of amides is 1. The molecule has 0 aliphatic carbocycles. The SMILES string of the molecule is CC(=O)Nc1ccc(C2=c3ccc([nH]3)=C(c3cnc4ccccc4c3)c3ccc([nH]3)C(c3cnc4ccccc4c3)=c3ccc([nH]3)=C(c3cnc4ccccc4c3)c3ccc2[nH]3)cc1. The number of nitrogens with one attached hydrogen (secondary N) is 5. The minimum absolute atomic E-state index is 0.121. The number of carbonyl (C=O) groups is 1. The number of pyridine rings is 3. The fourth-order valence-electron chi connectivity index (χ4n) is 9.12. The molecule has 12 rings (SSSR count). The lowest BCUT2D eigenvalue weighted by Crippen LogP contribution is -2.19. The second-order valence-electron chi connectivity index (χ2n) is 16.2. The van der Waals surface area contributed by atoms with Crippen molar-refractivity contribution in [2.75, 3.05) is 5.32 Å². The van der Waals surface area contributed by atoms with E-state index in [2.05, 4.69) is 110 Å². The van der Waals surface area contributed by atoms with Gasteiger partial charge in [-0.15, -0.1) is 0 Å². The number of anilines is 1. The van der Waals surface area contributed by atoms with Gasteiger partial charge < -0.3 is 25.3 Å². The summed E-state index contributed by atoms with van der Waals surface area (Å²) in [5, 5.41) is 9.73. The highest BCUT2D eigenvalue weighted by Crippen LogP contribution is 2.30. The molecule has 4 aromatic carbocycles. The summed E-state index contributed by atoms with van der Waals surface area (Å²) < 4.78 is 0. The average Bonchev–Trinajstić information content (AvgIpc) is 4.18. The summed E-state index contributed by atoms with van der Waals surface area (Å²) in [6.07, 6.45) is 5.86. The van der Waals surface area contributed by atoms with E-state index in [1.807, 2.05) is 97.5 Å². The Morgan fingerprint density at radius 2 is 0.734 bits per heavy atom. The summed E-state index contributed by atoms with van der Waals surface area (Å²) in [6.45, 7) is 1.52. The fourth-order valence-corrected chi connectivity index (χ4v) is 9.12. The van der Waals surface area contributed by atoms with Crippen LogP contribution in [0.5, 0.6) is 0 Å². The van der Waals surface area contributed by atoms with Crippen LogP contribution in [0, 0.1) is 0 Å². The first-order valence-corrected chi connectivity index (χ1v) is 21.2. The fraction of sp³-hybridized carbons (Fsp3) is 0.0182. The number of fused-ring (bicyclic) bond motifs is 11. The van der Waals surface area contributed by atoms with Crippen LogP contribution in [0.1, 0.15) is 52.0 Å². The van der Waals surface area contributed by atoms with E-state index < -0.39 is 0 Å². The molecule has 0 unspecified atom stereocenters. The Morgan fingerprint density at radius 3 is 1.09 bits per heavy atom. The lowest BCUT2D eigenvalue weighted by Gasteiger charge is -2.11. The summed E-state index contributed by atoms with van der Waals surface area (Å²) in [6, 6.07) is 56.3. The van der Waals surface area contributed by atoms with Crippen LogP contribution in [-0.4, -0.2) is 40.8 Å². The van der Waals surface area contributed by atoms with Gasteiger partial charge in [0.05, 0.1) is 16.6 Å². The number of rotatable bonds is 5. The van der Waals surface area contributed by atoms with Crippen molar-refractivity contribution in [1.29, 1.82) is 0 Å². The van der Waals surface area contributed by atoms with Crippen LogP contribution < -0.4 is 26.7 Å². The van der Waals surface area contributed by atoms with Crippen LogP contribution in [0.4, 0.5) is 5.69 Å². The number of aromatic amines is 4. The van der Waals surface area contributed by atoms with Gasteiger partial charge in [-0.25, -0.2) is 0 Å². The van der Waals surface area contributed by atoms with E-state index in [1.54, 1.807) is 0 Å². The molecule has 0 saturated heterocycles. The Kier molecular flexibility index (Phi) is 8.65. The van der Waals surface area contributed by atoms with Crippen molar-refractivity contribution in [3.8, 4) is 0 Å². The zero-order chi connectivity index (χ0) is 42.7. The van der Waals surface area contributed by atoms with Crippen LogP contribution >= 0.6 is 0 Å². The average molecular weight is 827 g/mol. The molecule has 304 valence electrons. The van der Waals surface area contributed by atoms with Gasteiger partial charge in [0.25, 0.3) is 0 Å². The molecule has 0 atom stereocenters. The molecule has 5 N–H and O–H groups in total. The highest BCUT2D eigenvalue weighted by molar-refractivity contribution is 5.91. The van der Waals surface area contributed by atoms with Gasteiger partial charge in [-0.05, 0) is 103 Å². The molecule has 8 bridgehead atoms. The molecule has 7 aromatic heterocycles. The van der Waals surface area contributed by atoms with Gasteiger partial charge in [0.2, 0.25) is 5.91 Å². The molecule has 1 amide bonds. The largest absolute Gasteiger partial charge is 0.354 e. The van der Waals surface area contributed by atoms with Gasteiger partial charge in [0.15, 0.2) is 0 Å². The van der Waals surface area contributed by atoms with Crippen LogP contribution in [0.25, 0.3) is 55.0 Å². The van der Waals surface area contributed by atoms with Crippen molar-refractivity contribution in [2.45, 2.75) is 6.92 Å². The summed E-state index contributed by atoms with van der Waals surface area (Å²) in [4.78, 5) is 42.3. The van der Waals surface area contributed by atoms with Crippen LogP contribution in [0.3, 0.4) is 0 Å². The molecule has 1 aliphatic rings. The number of nitrogens with zero attached hydrogens (tertiary/aromatic N) is 3. The molecule has 9 nitrogen and oxygen atoms in total. The van der Waals surface area contributed by atoms with Gasteiger partial charge in [0, 0.05) is 131 Å². The topological polar surface area (TPSA) is 131 Å². The normalized spacial score (nSPS) is 12.7. The molecule has 0 saturated carbocycles. The lowest BCUT2D eigenvalue weighted by atomic mass is 10.0. The Morgan fingerprint density at radius 1 is 0.391 bits per heavy atom. The zero-order valence-electron chi connectivity index (χ0n) is 34.6. The minimum atomic E-state index is -0.121. The van der Waals surface area contributed by atoms with Crippen molar-refractivity contribution >= 4 is 66.6 Å². The Bertz CT molecular complexity index is 3920. The number of H-pyrrole nitrogens is 4. The number of hydrogen-bond donors (Lipinski definition) is 5. The third-order valence-electron chi connectivity index (χ3n) is 12.0. The predicted octanol–water partition coefficient (Wildman–Crippen LogP) is 7.90. The minimum Gasteiger partial charge on any atom is -0.354 e. The van der Waals surface area contributed by atoms with Crippen LogP contribution in [0.15, 0.2) is 182 Å². The van der Waals surface area contributed by atoms with Gasteiger partial charge in [0.1, 0.15) is 0 Å². The number of para-hydroxylation sites is 3. The van der Waals surface area contributed by atoms with E-state index in [1.165, 1.54) is 6.92 Å². The zero-order valence-corrected chi connectivity index (χ0v) is 34.6.